The molecule has 1 aromatic heterocycles. The van der Waals surface area contributed by atoms with E-state index in [9.17, 15) is 9.59 Å². The highest BCUT2D eigenvalue weighted by molar-refractivity contribution is 7.98. The molecule has 2 heterocycles. The lowest BCUT2D eigenvalue weighted by molar-refractivity contribution is -0.116. The zero-order valence-corrected chi connectivity index (χ0v) is 19.5. The van der Waals surface area contributed by atoms with Crippen LogP contribution < -0.4 is 15.6 Å². The lowest BCUT2D eigenvalue weighted by atomic mass is 9.87. The van der Waals surface area contributed by atoms with Crippen molar-refractivity contribution in [2.45, 2.75) is 36.6 Å². The molecule has 0 radical (unpaired) electrons. The van der Waals surface area contributed by atoms with Crippen LogP contribution in [0.15, 0.2) is 58.5 Å². The number of nitrogens with one attached hydrogen (secondary N) is 1. The third-order valence-corrected chi connectivity index (χ3v) is 6.69. The Hall–Kier alpha value is -2.77. The molecule has 1 aliphatic heterocycles. The quantitative estimate of drug-likeness (QED) is 0.390. The minimum atomic E-state index is -0.347. The third kappa shape index (κ3) is 4.84. The molecule has 6 nitrogen and oxygen atoms in total. The number of carbonyl (C=O) groups is 1. The zero-order valence-electron chi connectivity index (χ0n) is 17.9. The van der Waals surface area contributed by atoms with Crippen molar-refractivity contribution in [2.75, 3.05) is 11.9 Å². The number of thioether (sulfide) groups is 1. The summed E-state index contributed by atoms with van der Waals surface area (Å²) in [5, 5.41) is 4.11. The van der Waals surface area contributed by atoms with Crippen LogP contribution in [0.4, 0.5) is 5.82 Å². The van der Waals surface area contributed by atoms with E-state index in [-0.39, 0.29) is 23.8 Å². The smallest absolute Gasteiger partial charge is 0.279 e. The second-order valence-electron chi connectivity index (χ2n) is 7.66. The highest BCUT2D eigenvalue weighted by Gasteiger charge is 2.32. The van der Waals surface area contributed by atoms with Gasteiger partial charge < -0.3 is 14.6 Å². The van der Waals surface area contributed by atoms with Crippen molar-refractivity contribution in [3.8, 4) is 5.75 Å². The summed E-state index contributed by atoms with van der Waals surface area (Å²) in [7, 11) is 1.82. The molecule has 1 N–H and O–H groups in total. The normalized spacial score (nSPS) is 15.2. The number of halogens is 1. The molecule has 2 aromatic carbocycles. The fraction of sp³-hybridized carbons (Fsp3) is 0.292. The van der Waals surface area contributed by atoms with E-state index in [0.717, 1.165) is 23.3 Å². The van der Waals surface area contributed by atoms with Crippen LogP contribution in [0.1, 0.15) is 42.4 Å². The van der Waals surface area contributed by atoms with E-state index in [4.69, 9.17) is 16.3 Å². The van der Waals surface area contributed by atoms with Gasteiger partial charge in [0.2, 0.25) is 5.91 Å². The Morgan fingerprint density at radius 3 is 2.56 bits per heavy atom. The number of ether oxygens (including phenoxy) is 1. The molecule has 0 saturated heterocycles. The Labute approximate surface area is 196 Å². The number of amides is 1. The van der Waals surface area contributed by atoms with Gasteiger partial charge in [-0.1, -0.05) is 54.6 Å². The van der Waals surface area contributed by atoms with E-state index in [1.54, 1.807) is 4.57 Å². The number of anilines is 1. The Morgan fingerprint density at radius 2 is 1.88 bits per heavy atom. The van der Waals surface area contributed by atoms with Crippen LogP contribution in [-0.4, -0.2) is 22.1 Å². The molecule has 4 rings (SSSR count). The van der Waals surface area contributed by atoms with Crippen LogP contribution in [0, 0.1) is 0 Å². The summed E-state index contributed by atoms with van der Waals surface area (Å²) < 4.78 is 7.44. The monoisotopic (exact) mass is 469 g/mol. The van der Waals surface area contributed by atoms with Crippen LogP contribution >= 0.6 is 23.4 Å². The van der Waals surface area contributed by atoms with E-state index in [1.807, 2.05) is 55.6 Å². The van der Waals surface area contributed by atoms with E-state index >= 15 is 0 Å². The van der Waals surface area contributed by atoms with Crippen LogP contribution in [0.25, 0.3) is 0 Å². The van der Waals surface area contributed by atoms with Crippen LogP contribution in [0.2, 0.25) is 5.02 Å². The van der Waals surface area contributed by atoms with Crippen molar-refractivity contribution in [2.24, 2.45) is 7.05 Å². The van der Waals surface area contributed by atoms with Crippen molar-refractivity contribution in [1.82, 2.24) is 9.55 Å². The summed E-state index contributed by atoms with van der Waals surface area (Å²) in [6.45, 7) is 2.70. The fourth-order valence-corrected chi connectivity index (χ4v) is 4.74. The molecule has 32 heavy (non-hydrogen) atoms. The first kappa shape index (κ1) is 22.4. The molecule has 8 heteroatoms. The van der Waals surface area contributed by atoms with Gasteiger partial charge in [-0.3, -0.25) is 9.59 Å². The molecule has 166 valence electrons. The van der Waals surface area contributed by atoms with Crippen molar-refractivity contribution in [1.29, 1.82) is 0 Å². The van der Waals surface area contributed by atoms with Crippen molar-refractivity contribution < 1.29 is 9.53 Å². The summed E-state index contributed by atoms with van der Waals surface area (Å²) in [4.78, 5) is 29.9. The number of hydrogen-bond acceptors (Lipinski definition) is 5. The van der Waals surface area contributed by atoms with E-state index in [0.29, 0.717) is 33.9 Å². The van der Waals surface area contributed by atoms with Gasteiger partial charge in [0.25, 0.3) is 5.56 Å². The van der Waals surface area contributed by atoms with Gasteiger partial charge in [0.15, 0.2) is 5.16 Å². The van der Waals surface area contributed by atoms with Crippen molar-refractivity contribution in [3.63, 3.8) is 0 Å². The lowest BCUT2D eigenvalue weighted by Gasteiger charge is -2.27. The first-order valence-corrected chi connectivity index (χ1v) is 11.8. The SMILES string of the molecule is CCCOc1ccc([C@H]2CC(=O)Nc3c2c(=O)nc(SCc2ccc(Cl)cc2)n3C)cc1. The van der Waals surface area contributed by atoms with Crippen LogP contribution in [0.5, 0.6) is 5.75 Å². The summed E-state index contributed by atoms with van der Waals surface area (Å²) in [6, 6.07) is 15.1. The Bertz CT molecular complexity index is 1180. The Morgan fingerprint density at radius 1 is 1.16 bits per heavy atom. The topological polar surface area (TPSA) is 73.2 Å². The zero-order chi connectivity index (χ0) is 22.7. The second kappa shape index (κ2) is 9.79. The maximum absolute atomic E-state index is 13.1. The van der Waals surface area contributed by atoms with Gasteiger partial charge in [-0.2, -0.15) is 4.98 Å². The van der Waals surface area contributed by atoms with Gasteiger partial charge in [-0.15, -0.1) is 0 Å². The van der Waals surface area contributed by atoms with Gasteiger partial charge >= 0.3 is 0 Å². The first-order valence-electron chi connectivity index (χ1n) is 10.5. The molecule has 0 aliphatic carbocycles. The molecule has 0 saturated carbocycles. The van der Waals surface area contributed by atoms with E-state index in [2.05, 4.69) is 17.2 Å². The molecule has 1 atom stereocenters. The predicted octanol–water partition coefficient (Wildman–Crippen LogP) is 4.99. The van der Waals surface area contributed by atoms with Gasteiger partial charge in [-0.25, -0.2) is 0 Å². The highest BCUT2D eigenvalue weighted by Crippen LogP contribution is 2.36. The fourth-order valence-electron chi connectivity index (χ4n) is 3.69. The maximum Gasteiger partial charge on any atom is 0.279 e. The maximum atomic E-state index is 13.1. The Kier molecular flexibility index (Phi) is 6.86. The highest BCUT2D eigenvalue weighted by atomic mass is 35.5. The number of nitrogens with zero attached hydrogens (tertiary/aromatic N) is 2. The molecule has 0 fully saturated rings. The summed E-state index contributed by atoms with van der Waals surface area (Å²) in [6.07, 6.45) is 1.13. The average molecular weight is 470 g/mol. The molecule has 0 unspecified atom stereocenters. The minimum Gasteiger partial charge on any atom is -0.494 e. The largest absolute Gasteiger partial charge is 0.494 e. The summed E-state index contributed by atoms with van der Waals surface area (Å²) in [5.74, 6) is 1.45. The number of carbonyl (C=O) groups excluding carboxylic acids is 1. The molecular weight excluding hydrogens is 446 g/mol. The van der Waals surface area contributed by atoms with Gasteiger partial charge in [-0.05, 0) is 41.8 Å². The van der Waals surface area contributed by atoms with Crippen LogP contribution in [-0.2, 0) is 17.6 Å². The summed E-state index contributed by atoms with van der Waals surface area (Å²) >= 11 is 7.39. The van der Waals surface area contributed by atoms with Gasteiger partial charge in [0.1, 0.15) is 11.6 Å². The molecule has 1 amide bonds. The average Bonchev–Trinajstić information content (AvgIpc) is 2.80. The molecule has 3 aromatic rings. The molecule has 0 spiro atoms. The number of aromatic nitrogens is 2. The molecular formula is C24H24ClN3O3S. The van der Waals surface area contributed by atoms with E-state index < -0.39 is 0 Å². The number of rotatable bonds is 7. The number of fused-ring (bicyclic) bond motifs is 1. The van der Waals surface area contributed by atoms with Crippen LogP contribution in [0.3, 0.4) is 0 Å². The van der Waals surface area contributed by atoms with Crippen molar-refractivity contribution in [3.05, 3.63) is 80.6 Å². The number of benzene rings is 2. The lowest BCUT2D eigenvalue weighted by Crippen LogP contribution is -2.33. The number of hydrogen-bond donors (Lipinski definition) is 1. The first-order chi connectivity index (χ1) is 15.5. The third-order valence-electron chi connectivity index (χ3n) is 5.34. The van der Waals surface area contributed by atoms with Gasteiger partial charge in [0.05, 0.1) is 12.2 Å². The minimum absolute atomic E-state index is 0.122. The second-order valence-corrected chi connectivity index (χ2v) is 9.04. The molecule has 1 aliphatic rings. The molecule has 0 bridgehead atoms. The standard InChI is InChI=1S/C24H24ClN3O3S/c1-3-12-31-18-10-6-16(7-11-18)19-13-20(29)26-22-21(19)23(30)27-24(28(22)2)32-14-15-4-8-17(25)9-5-15/h4-11,19H,3,12-14H2,1-2H3,(H,26,29)/t19-/m1/s1. The van der Waals surface area contributed by atoms with Crippen molar-refractivity contribution >= 4 is 35.1 Å². The Balaban J connectivity index is 1.63. The summed E-state index contributed by atoms with van der Waals surface area (Å²) in [5.41, 5.74) is 2.17. The predicted molar refractivity (Wildman–Crippen MR) is 128 cm³/mol. The van der Waals surface area contributed by atoms with Gasteiger partial charge in [0, 0.05) is 30.2 Å². The van der Waals surface area contributed by atoms with E-state index in [1.165, 1.54) is 11.8 Å².